The zero-order chi connectivity index (χ0) is 15.8. The first-order chi connectivity index (χ1) is 11.3. The van der Waals surface area contributed by atoms with Crippen molar-refractivity contribution in [2.75, 3.05) is 4.90 Å². The molecule has 0 unspecified atom stereocenters. The van der Waals surface area contributed by atoms with Crippen LogP contribution < -0.4 is 4.90 Å². The van der Waals surface area contributed by atoms with Crippen LogP contribution in [0.3, 0.4) is 0 Å². The van der Waals surface area contributed by atoms with E-state index in [1.54, 1.807) is 0 Å². The fourth-order valence-corrected chi connectivity index (χ4v) is 4.42. The van der Waals surface area contributed by atoms with Crippen molar-refractivity contribution in [1.29, 1.82) is 0 Å². The van der Waals surface area contributed by atoms with Gasteiger partial charge in [-0.05, 0) is 41.8 Å². The predicted octanol–water partition coefficient (Wildman–Crippen LogP) is 6.74. The topological polar surface area (TPSA) is 3.24 Å². The summed E-state index contributed by atoms with van der Waals surface area (Å²) in [7, 11) is 0. The molecule has 114 valence electrons. The van der Waals surface area contributed by atoms with Crippen LogP contribution in [-0.2, 0) is 0 Å². The molecular weight excluding hydrogens is 298 g/mol. The van der Waals surface area contributed by atoms with E-state index < -0.39 is 0 Å². The Bertz CT molecular complexity index is 839. The maximum absolute atomic E-state index is 2.38. The molecule has 0 atom stereocenters. The molecule has 0 bridgehead atoms. The zero-order valence-corrected chi connectivity index (χ0v) is 14.2. The van der Waals surface area contributed by atoms with Crippen molar-refractivity contribution < 1.29 is 0 Å². The van der Waals surface area contributed by atoms with E-state index in [0.29, 0.717) is 5.92 Å². The van der Waals surface area contributed by atoms with Gasteiger partial charge in [-0.1, -0.05) is 68.1 Å². The summed E-state index contributed by atoms with van der Waals surface area (Å²) in [5.74, 6) is 0.514. The average Bonchev–Trinajstić information content (AvgIpc) is 2.59. The molecule has 0 spiro atoms. The summed E-state index contributed by atoms with van der Waals surface area (Å²) in [5, 5.41) is 0. The van der Waals surface area contributed by atoms with Crippen LogP contribution in [0.5, 0.6) is 0 Å². The molecule has 0 radical (unpaired) electrons. The van der Waals surface area contributed by atoms with Crippen LogP contribution in [-0.4, -0.2) is 0 Å². The fourth-order valence-electron chi connectivity index (χ4n) is 3.11. The largest absolute Gasteiger partial charge is 0.308 e. The SMILES string of the molecule is CC(C)c1cccc2c1Sc1ccccc1N2c1ccccc1. The molecule has 2 heteroatoms. The van der Waals surface area contributed by atoms with Crippen LogP contribution in [0.2, 0.25) is 0 Å². The van der Waals surface area contributed by atoms with Crippen LogP contribution in [0.1, 0.15) is 25.3 Å². The van der Waals surface area contributed by atoms with Gasteiger partial charge in [0.05, 0.1) is 11.4 Å². The third-order valence-corrected chi connectivity index (χ3v) is 5.43. The summed E-state index contributed by atoms with van der Waals surface area (Å²) < 4.78 is 0. The first-order valence-electron chi connectivity index (χ1n) is 8.00. The van der Waals surface area contributed by atoms with Crippen LogP contribution in [0.15, 0.2) is 82.6 Å². The minimum atomic E-state index is 0.514. The summed E-state index contributed by atoms with van der Waals surface area (Å²) in [5.41, 5.74) is 5.17. The maximum atomic E-state index is 2.38. The second-order valence-electron chi connectivity index (χ2n) is 6.09. The van der Waals surface area contributed by atoms with E-state index in [1.165, 1.54) is 32.4 Å². The van der Waals surface area contributed by atoms with Gasteiger partial charge >= 0.3 is 0 Å². The van der Waals surface area contributed by atoms with Gasteiger partial charge in [0, 0.05) is 15.5 Å². The lowest BCUT2D eigenvalue weighted by Crippen LogP contribution is -2.15. The molecule has 1 aliphatic heterocycles. The van der Waals surface area contributed by atoms with Gasteiger partial charge in [0.15, 0.2) is 0 Å². The van der Waals surface area contributed by atoms with E-state index in [1.807, 2.05) is 11.8 Å². The van der Waals surface area contributed by atoms with E-state index in [2.05, 4.69) is 91.5 Å². The number of hydrogen-bond acceptors (Lipinski definition) is 2. The first-order valence-corrected chi connectivity index (χ1v) is 8.82. The lowest BCUT2D eigenvalue weighted by Gasteiger charge is -2.34. The van der Waals surface area contributed by atoms with Crippen molar-refractivity contribution in [3.8, 4) is 0 Å². The Kier molecular flexibility index (Phi) is 3.62. The monoisotopic (exact) mass is 317 g/mol. The molecule has 4 rings (SSSR count). The molecule has 0 N–H and O–H groups in total. The second-order valence-corrected chi connectivity index (χ2v) is 7.14. The normalized spacial score (nSPS) is 12.9. The molecule has 3 aromatic rings. The highest BCUT2D eigenvalue weighted by molar-refractivity contribution is 7.99. The molecule has 0 saturated heterocycles. The van der Waals surface area contributed by atoms with Crippen molar-refractivity contribution >= 4 is 28.8 Å². The van der Waals surface area contributed by atoms with E-state index in [-0.39, 0.29) is 0 Å². The van der Waals surface area contributed by atoms with E-state index in [4.69, 9.17) is 0 Å². The van der Waals surface area contributed by atoms with Crippen molar-refractivity contribution in [3.05, 3.63) is 78.4 Å². The number of hydrogen-bond donors (Lipinski definition) is 0. The van der Waals surface area contributed by atoms with Crippen molar-refractivity contribution in [2.24, 2.45) is 0 Å². The van der Waals surface area contributed by atoms with Crippen LogP contribution in [0.25, 0.3) is 0 Å². The molecule has 0 aromatic heterocycles. The Morgan fingerprint density at radius 2 is 1.43 bits per heavy atom. The molecule has 1 aliphatic rings. The smallest absolute Gasteiger partial charge is 0.0604 e. The average molecular weight is 317 g/mol. The van der Waals surface area contributed by atoms with Gasteiger partial charge in [0.25, 0.3) is 0 Å². The highest BCUT2D eigenvalue weighted by atomic mass is 32.2. The number of para-hydroxylation sites is 2. The van der Waals surface area contributed by atoms with Crippen molar-refractivity contribution in [1.82, 2.24) is 0 Å². The van der Waals surface area contributed by atoms with Gasteiger partial charge in [-0.15, -0.1) is 0 Å². The third kappa shape index (κ3) is 2.43. The van der Waals surface area contributed by atoms with Gasteiger partial charge in [0.2, 0.25) is 0 Å². The summed E-state index contributed by atoms with van der Waals surface area (Å²) >= 11 is 1.89. The summed E-state index contributed by atoms with van der Waals surface area (Å²) in [6, 6.07) is 26.0. The second kappa shape index (κ2) is 5.78. The van der Waals surface area contributed by atoms with Gasteiger partial charge < -0.3 is 4.90 Å². The highest BCUT2D eigenvalue weighted by Crippen LogP contribution is 2.53. The lowest BCUT2D eigenvalue weighted by molar-refractivity contribution is 0.840. The minimum Gasteiger partial charge on any atom is -0.308 e. The van der Waals surface area contributed by atoms with E-state index in [9.17, 15) is 0 Å². The molecule has 1 heterocycles. The molecule has 1 nitrogen and oxygen atoms in total. The predicted molar refractivity (Wildman–Crippen MR) is 99.3 cm³/mol. The Hall–Kier alpha value is -2.19. The Balaban J connectivity index is 1.98. The zero-order valence-electron chi connectivity index (χ0n) is 13.4. The van der Waals surface area contributed by atoms with Crippen LogP contribution in [0, 0.1) is 0 Å². The van der Waals surface area contributed by atoms with Crippen LogP contribution >= 0.6 is 11.8 Å². The Labute approximate surface area is 142 Å². The van der Waals surface area contributed by atoms with Crippen molar-refractivity contribution in [2.45, 2.75) is 29.6 Å². The number of nitrogens with zero attached hydrogens (tertiary/aromatic N) is 1. The van der Waals surface area contributed by atoms with E-state index >= 15 is 0 Å². The summed E-state index contributed by atoms with van der Waals surface area (Å²) in [6.07, 6.45) is 0. The molecular formula is C21H19NS. The van der Waals surface area contributed by atoms with Gasteiger partial charge in [0.1, 0.15) is 0 Å². The maximum Gasteiger partial charge on any atom is 0.0604 e. The molecule has 0 fully saturated rings. The number of rotatable bonds is 2. The Morgan fingerprint density at radius 3 is 2.22 bits per heavy atom. The van der Waals surface area contributed by atoms with Gasteiger partial charge in [-0.2, -0.15) is 0 Å². The quantitative estimate of drug-likeness (QED) is 0.402. The highest BCUT2D eigenvalue weighted by Gasteiger charge is 2.26. The standard InChI is InChI=1S/C21H19NS/c1-15(2)17-11-8-13-19-21(17)23-20-14-7-6-12-18(20)22(19)16-9-4-3-5-10-16/h3-15H,1-2H3. The molecule has 0 saturated carbocycles. The number of anilines is 3. The minimum absolute atomic E-state index is 0.514. The molecule has 0 amide bonds. The van der Waals surface area contributed by atoms with Crippen LogP contribution in [0.4, 0.5) is 17.1 Å². The third-order valence-electron chi connectivity index (χ3n) is 4.22. The summed E-state index contributed by atoms with van der Waals surface area (Å²) in [4.78, 5) is 5.08. The first kappa shape index (κ1) is 14.4. The van der Waals surface area contributed by atoms with Gasteiger partial charge in [-0.25, -0.2) is 0 Å². The number of fused-ring (bicyclic) bond motifs is 2. The molecule has 23 heavy (non-hydrogen) atoms. The lowest BCUT2D eigenvalue weighted by atomic mass is 10.0. The molecule has 0 aliphatic carbocycles. The summed E-state index contributed by atoms with van der Waals surface area (Å²) in [6.45, 7) is 4.53. The Morgan fingerprint density at radius 1 is 0.739 bits per heavy atom. The fraction of sp³-hybridized carbons (Fsp3) is 0.143. The number of benzene rings is 3. The van der Waals surface area contributed by atoms with E-state index in [0.717, 1.165) is 0 Å². The van der Waals surface area contributed by atoms with Gasteiger partial charge in [-0.3, -0.25) is 0 Å². The molecule has 3 aromatic carbocycles. The van der Waals surface area contributed by atoms with Crippen molar-refractivity contribution in [3.63, 3.8) is 0 Å².